The Morgan fingerprint density at radius 1 is 0.946 bits per heavy atom. The lowest BCUT2D eigenvalue weighted by Gasteiger charge is -2.25. The first-order chi connectivity index (χ1) is 17.5. The number of hydrogen-bond acceptors (Lipinski definition) is 5. The van der Waals surface area contributed by atoms with Crippen LogP contribution in [0.5, 0.6) is 0 Å². The van der Waals surface area contributed by atoms with Gasteiger partial charge in [-0.05, 0) is 39.0 Å². The Morgan fingerprint density at radius 3 is 2.16 bits per heavy atom. The van der Waals surface area contributed by atoms with Gasteiger partial charge < -0.3 is 19.8 Å². The molecule has 37 heavy (non-hydrogen) atoms. The molecular formula is C28H54N2O6P+. The Bertz CT molecular complexity index is 718. The molecule has 0 aliphatic carbocycles. The smallest absolute Gasteiger partial charge is 0.387 e. The summed E-state index contributed by atoms with van der Waals surface area (Å²) < 4.78 is 23.1. The van der Waals surface area contributed by atoms with E-state index in [1.165, 1.54) is 19.3 Å². The van der Waals surface area contributed by atoms with Crippen LogP contribution in [-0.2, 0) is 18.4 Å². The molecular weight excluding hydrogens is 491 g/mol. The Labute approximate surface area is 226 Å². The number of nitrogens with one attached hydrogen (secondary N) is 1. The third-order valence-corrected chi connectivity index (χ3v) is 6.67. The third kappa shape index (κ3) is 23.6. The van der Waals surface area contributed by atoms with Crippen molar-refractivity contribution in [2.24, 2.45) is 0 Å². The maximum absolute atomic E-state index is 12.5. The van der Waals surface area contributed by atoms with Crippen LogP contribution in [0.15, 0.2) is 36.5 Å². The van der Waals surface area contributed by atoms with Crippen molar-refractivity contribution in [1.82, 2.24) is 5.32 Å². The van der Waals surface area contributed by atoms with E-state index in [0.717, 1.165) is 44.9 Å². The molecule has 0 rings (SSSR count). The predicted octanol–water partition coefficient (Wildman–Crippen LogP) is 5.67. The fraction of sp³-hybridized carbons (Fsp3) is 0.750. The summed E-state index contributed by atoms with van der Waals surface area (Å²) in [5.74, 6) is -0.209. The highest BCUT2D eigenvalue weighted by Gasteiger charge is 2.27. The minimum Gasteiger partial charge on any atom is -0.387 e. The number of nitrogens with zero attached hydrogens (tertiary/aromatic N) is 1. The number of rotatable bonds is 23. The lowest BCUT2D eigenvalue weighted by atomic mass is 10.1. The van der Waals surface area contributed by atoms with Gasteiger partial charge in [-0.3, -0.25) is 13.8 Å². The highest BCUT2D eigenvalue weighted by atomic mass is 31.2. The number of aliphatic hydroxyl groups excluding tert-OH is 1. The number of allylic oxidation sites excluding steroid dienone is 5. The second-order valence-corrected chi connectivity index (χ2v) is 11.9. The van der Waals surface area contributed by atoms with Crippen LogP contribution in [0.1, 0.15) is 84.5 Å². The largest absolute Gasteiger partial charge is 0.472 e. The maximum atomic E-state index is 12.5. The summed E-state index contributed by atoms with van der Waals surface area (Å²) in [5, 5.41) is 13.5. The number of aliphatic hydroxyl groups is 1. The molecule has 0 aromatic carbocycles. The minimum absolute atomic E-state index is 0.0526. The Kier molecular flexibility index (Phi) is 20.9. The second-order valence-electron chi connectivity index (χ2n) is 10.4. The van der Waals surface area contributed by atoms with E-state index in [9.17, 15) is 19.4 Å². The standard InChI is InChI=1S/C28H53N2O6P/c1-6-8-10-12-14-15-16-17-19-21-27(31)26(29-28(32)22-20-18-13-11-9-7-2)25-36-37(33,34)35-24-23-30(3,4)5/h6,8,14-15,19,21,26-27,31H,7,9-13,16-18,20,22-25H2,1-5H3,(H-,29,32,33,34)/p+1/b8-6+,15-14+,21-19+. The molecule has 0 aromatic rings. The molecule has 0 spiro atoms. The summed E-state index contributed by atoms with van der Waals surface area (Å²) in [7, 11) is 1.53. The van der Waals surface area contributed by atoms with E-state index in [1.807, 2.05) is 40.2 Å². The van der Waals surface area contributed by atoms with Crippen molar-refractivity contribution in [3.8, 4) is 0 Å². The maximum Gasteiger partial charge on any atom is 0.472 e. The molecule has 216 valence electrons. The number of phosphoric ester groups is 1. The number of carbonyl (C=O) groups is 1. The number of amides is 1. The summed E-state index contributed by atoms with van der Waals surface area (Å²) in [6.07, 6.45) is 21.2. The van der Waals surface area contributed by atoms with Crippen LogP contribution in [-0.4, -0.2) is 73.4 Å². The number of quaternary nitrogens is 1. The van der Waals surface area contributed by atoms with Gasteiger partial charge in [0.05, 0.1) is 39.9 Å². The molecule has 0 fully saturated rings. The predicted molar refractivity (Wildman–Crippen MR) is 152 cm³/mol. The number of likely N-dealkylation sites (N-methyl/N-ethyl adjacent to an activating group) is 1. The quantitative estimate of drug-likeness (QED) is 0.0661. The molecule has 3 atom stereocenters. The van der Waals surface area contributed by atoms with E-state index in [0.29, 0.717) is 17.4 Å². The Balaban J connectivity index is 4.82. The molecule has 0 bridgehead atoms. The SMILES string of the molecule is C/C=C/CC/C=C/CC/C=C/C(O)C(COP(=O)(O)OCC[N+](C)(C)C)NC(=O)CCCCCCCC. The highest BCUT2D eigenvalue weighted by molar-refractivity contribution is 7.47. The normalized spacial score (nSPS) is 16.0. The first-order valence-electron chi connectivity index (χ1n) is 13.8. The van der Waals surface area contributed by atoms with Crippen LogP contribution in [0.4, 0.5) is 0 Å². The fourth-order valence-electron chi connectivity index (χ4n) is 3.37. The average Bonchev–Trinajstić information content (AvgIpc) is 2.81. The molecule has 0 aliphatic heterocycles. The van der Waals surface area contributed by atoms with E-state index in [1.54, 1.807) is 6.08 Å². The lowest BCUT2D eigenvalue weighted by Crippen LogP contribution is -2.45. The van der Waals surface area contributed by atoms with Crippen LogP contribution >= 0.6 is 7.82 Å². The van der Waals surface area contributed by atoms with Crippen LogP contribution in [0.2, 0.25) is 0 Å². The Hall–Kier alpha value is -1.28. The Morgan fingerprint density at radius 2 is 1.54 bits per heavy atom. The molecule has 3 unspecified atom stereocenters. The average molecular weight is 546 g/mol. The number of unbranched alkanes of at least 4 members (excludes halogenated alkanes) is 7. The summed E-state index contributed by atoms with van der Waals surface area (Å²) in [6.45, 7) is 4.42. The zero-order valence-corrected chi connectivity index (χ0v) is 24.8. The van der Waals surface area contributed by atoms with Gasteiger partial charge in [-0.2, -0.15) is 0 Å². The molecule has 0 heterocycles. The first-order valence-corrected chi connectivity index (χ1v) is 15.3. The summed E-state index contributed by atoms with van der Waals surface area (Å²) in [4.78, 5) is 22.5. The van der Waals surface area contributed by atoms with Crippen molar-refractivity contribution < 1.29 is 32.9 Å². The third-order valence-electron chi connectivity index (χ3n) is 5.69. The topological polar surface area (TPSA) is 105 Å². The second kappa shape index (κ2) is 21.6. The fourth-order valence-corrected chi connectivity index (χ4v) is 4.11. The van der Waals surface area contributed by atoms with Gasteiger partial charge in [0.2, 0.25) is 5.91 Å². The molecule has 8 nitrogen and oxygen atoms in total. The van der Waals surface area contributed by atoms with Crippen LogP contribution in [0, 0.1) is 0 Å². The highest BCUT2D eigenvalue weighted by Crippen LogP contribution is 2.43. The van der Waals surface area contributed by atoms with Crippen molar-refractivity contribution in [3.63, 3.8) is 0 Å². The van der Waals surface area contributed by atoms with E-state index in [2.05, 4.69) is 30.5 Å². The molecule has 0 radical (unpaired) electrons. The van der Waals surface area contributed by atoms with Gasteiger partial charge in [0.25, 0.3) is 0 Å². The minimum atomic E-state index is -4.32. The van der Waals surface area contributed by atoms with Crippen molar-refractivity contribution in [3.05, 3.63) is 36.5 Å². The van der Waals surface area contributed by atoms with Crippen LogP contribution < -0.4 is 5.32 Å². The number of carbonyl (C=O) groups excluding carboxylic acids is 1. The number of hydrogen-bond donors (Lipinski definition) is 3. The summed E-state index contributed by atoms with van der Waals surface area (Å²) in [6, 6.07) is -0.859. The zero-order chi connectivity index (χ0) is 28.0. The van der Waals surface area contributed by atoms with Crippen molar-refractivity contribution in [2.75, 3.05) is 40.9 Å². The first kappa shape index (κ1) is 35.7. The monoisotopic (exact) mass is 545 g/mol. The van der Waals surface area contributed by atoms with E-state index in [4.69, 9.17) is 9.05 Å². The molecule has 0 saturated heterocycles. The van der Waals surface area contributed by atoms with Crippen LogP contribution in [0.25, 0.3) is 0 Å². The van der Waals surface area contributed by atoms with Crippen LogP contribution in [0.3, 0.4) is 0 Å². The van der Waals surface area contributed by atoms with Gasteiger partial charge in [-0.1, -0.05) is 75.5 Å². The summed E-state index contributed by atoms with van der Waals surface area (Å²) in [5.41, 5.74) is 0. The lowest BCUT2D eigenvalue weighted by molar-refractivity contribution is -0.870. The molecule has 1 amide bonds. The van der Waals surface area contributed by atoms with Crippen molar-refractivity contribution in [1.29, 1.82) is 0 Å². The number of phosphoric acid groups is 1. The van der Waals surface area contributed by atoms with E-state index >= 15 is 0 Å². The van der Waals surface area contributed by atoms with Gasteiger partial charge in [-0.25, -0.2) is 4.57 Å². The van der Waals surface area contributed by atoms with Gasteiger partial charge in [0, 0.05) is 6.42 Å². The molecule has 0 aromatic heterocycles. The van der Waals surface area contributed by atoms with Crippen molar-refractivity contribution >= 4 is 13.7 Å². The zero-order valence-electron chi connectivity index (χ0n) is 23.9. The molecule has 9 heteroatoms. The van der Waals surface area contributed by atoms with Crippen molar-refractivity contribution in [2.45, 2.75) is 96.6 Å². The molecule has 0 aliphatic rings. The molecule has 0 saturated carbocycles. The molecule has 3 N–H and O–H groups in total. The van der Waals surface area contributed by atoms with Gasteiger partial charge in [-0.15, -0.1) is 0 Å². The van der Waals surface area contributed by atoms with Gasteiger partial charge in [0.1, 0.15) is 13.2 Å². The van der Waals surface area contributed by atoms with E-state index in [-0.39, 0.29) is 19.1 Å². The van der Waals surface area contributed by atoms with E-state index < -0.39 is 20.0 Å². The summed E-state index contributed by atoms with van der Waals surface area (Å²) >= 11 is 0. The van der Waals surface area contributed by atoms with Gasteiger partial charge >= 0.3 is 7.82 Å². The van der Waals surface area contributed by atoms with Gasteiger partial charge in [0.15, 0.2) is 0 Å².